The predicted molar refractivity (Wildman–Crippen MR) is 50.0 cm³/mol. The normalized spacial score (nSPS) is 23.1. The lowest BCUT2D eigenvalue weighted by Gasteiger charge is -2.27. The molecule has 0 saturated carbocycles. The van der Waals surface area contributed by atoms with Crippen molar-refractivity contribution < 1.29 is 9.53 Å². The molecule has 0 bridgehead atoms. The van der Waals surface area contributed by atoms with E-state index in [1.54, 1.807) is 0 Å². The van der Waals surface area contributed by atoms with Crippen LogP contribution < -0.4 is 5.32 Å². The molecule has 13 heavy (non-hydrogen) atoms. The molecule has 1 rings (SSSR count). The summed E-state index contributed by atoms with van der Waals surface area (Å²) in [6, 6.07) is -0.184. The van der Waals surface area contributed by atoms with E-state index in [0.717, 1.165) is 6.42 Å². The first-order valence-electron chi connectivity index (χ1n) is 4.53. The average Bonchev–Trinajstić information content (AvgIpc) is 1.96. The van der Waals surface area contributed by atoms with Gasteiger partial charge in [0.15, 0.2) is 0 Å². The van der Waals surface area contributed by atoms with Gasteiger partial charge in [0.1, 0.15) is 6.10 Å². The van der Waals surface area contributed by atoms with Crippen LogP contribution in [0.1, 0.15) is 20.3 Å². The number of amides is 1. The highest BCUT2D eigenvalue weighted by atomic mass is 16.5. The number of terminal acetylenes is 1. The predicted octanol–water partition coefficient (Wildman–Crippen LogP) is 0.549. The van der Waals surface area contributed by atoms with Crippen molar-refractivity contribution in [3.8, 4) is 12.3 Å². The van der Waals surface area contributed by atoms with Crippen molar-refractivity contribution in [2.75, 3.05) is 6.61 Å². The van der Waals surface area contributed by atoms with Crippen molar-refractivity contribution in [1.82, 2.24) is 5.32 Å². The van der Waals surface area contributed by atoms with Crippen molar-refractivity contribution in [3.05, 3.63) is 0 Å². The maximum absolute atomic E-state index is 11.4. The standard InChI is InChI=1S/C10H15NO2/c1-4-8(7(2)3)11-10(12)9-5-6-13-9/h1,7-9H,5-6H2,2-3H3,(H,11,12). The SMILES string of the molecule is C#CC(NC(=O)C1CCO1)C(C)C. The van der Waals surface area contributed by atoms with E-state index < -0.39 is 0 Å². The number of carbonyl (C=O) groups excluding carboxylic acids is 1. The van der Waals surface area contributed by atoms with E-state index in [1.807, 2.05) is 13.8 Å². The van der Waals surface area contributed by atoms with Gasteiger partial charge in [-0.15, -0.1) is 6.42 Å². The molecular formula is C10H15NO2. The van der Waals surface area contributed by atoms with Crippen LogP contribution in [0.4, 0.5) is 0 Å². The van der Waals surface area contributed by atoms with E-state index in [-0.39, 0.29) is 24.0 Å². The molecule has 1 fully saturated rings. The minimum Gasteiger partial charge on any atom is -0.368 e. The van der Waals surface area contributed by atoms with Gasteiger partial charge >= 0.3 is 0 Å². The van der Waals surface area contributed by atoms with E-state index in [9.17, 15) is 4.79 Å². The van der Waals surface area contributed by atoms with Gasteiger partial charge in [-0.2, -0.15) is 0 Å². The summed E-state index contributed by atoms with van der Waals surface area (Å²) in [5, 5.41) is 2.77. The van der Waals surface area contributed by atoms with Crippen LogP contribution in [0.15, 0.2) is 0 Å². The molecule has 2 atom stereocenters. The molecule has 1 N–H and O–H groups in total. The van der Waals surface area contributed by atoms with Gasteiger partial charge in [-0.1, -0.05) is 19.8 Å². The number of carbonyl (C=O) groups is 1. The molecule has 0 radical (unpaired) electrons. The second-order valence-corrected chi connectivity index (χ2v) is 3.55. The molecule has 3 heteroatoms. The molecule has 0 aromatic rings. The smallest absolute Gasteiger partial charge is 0.250 e. The zero-order chi connectivity index (χ0) is 9.84. The Hall–Kier alpha value is -1.01. The summed E-state index contributed by atoms with van der Waals surface area (Å²) in [4.78, 5) is 11.4. The second-order valence-electron chi connectivity index (χ2n) is 3.55. The first-order valence-corrected chi connectivity index (χ1v) is 4.53. The largest absolute Gasteiger partial charge is 0.368 e. The molecular weight excluding hydrogens is 166 g/mol. The van der Waals surface area contributed by atoms with Crippen LogP contribution in [0, 0.1) is 18.3 Å². The van der Waals surface area contributed by atoms with Crippen molar-refractivity contribution in [2.45, 2.75) is 32.4 Å². The van der Waals surface area contributed by atoms with Crippen LogP contribution >= 0.6 is 0 Å². The van der Waals surface area contributed by atoms with Gasteiger partial charge in [0.05, 0.1) is 12.6 Å². The van der Waals surface area contributed by atoms with Gasteiger partial charge < -0.3 is 10.1 Å². The monoisotopic (exact) mass is 181 g/mol. The van der Waals surface area contributed by atoms with Gasteiger partial charge in [0.2, 0.25) is 5.91 Å². The van der Waals surface area contributed by atoms with Crippen LogP contribution in [-0.2, 0) is 9.53 Å². The average molecular weight is 181 g/mol. The van der Waals surface area contributed by atoms with Crippen LogP contribution in [0.5, 0.6) is 0 Å². The van der Waals surface area contributed by atoms with Crippen molar-refractivity contribution in [1.29, 1.82) is 0 Å². The maximum atomic E-state index is 11.4. The molecule has 0 spiro atoms. The Morgan fingerprint density at radius 2 is 2.31 bits per heavy atom. The molecule has 3 nitrogen and oxygen atoms in total. The number of ether oxygens (including phenoxy) is 1. The van der Waals surface area contributed by atoms with Crippen LogP contribution in [0.25, 0.3) is 0 Å². The third-order valence-electron chi connectivity index (χ3n) is 2.14. The van der Waals surface area contributed by atoms with E-state index in [1.165, 1.54) is 0 Å². The number of hydrogen-bond donors (Lipinski definition) is 1. The second kappa shape index (κ2) is 4.29. The molecule has 1 aliphatic heterocycles. The molecule has 1 amide bonds. The first-order chi connectivity index (χ1) is 6.15. The van der Waals surface area contributed by atoms with Crippen LogP contribution in [0.2, 0.25) is 0 Å². The van der Waals surface area contributed by atoms with Crippen LogP contribution in [0.3, 0.4) is 0 Å². The number of hydrogen-bond acceptors (Lipinski definition) is 2. The third-order valence-corrected chi connectivity index (χ3v) is 2.14. The maximum Gasteiger partial charge on any atom is 0.250 e. The highest BCUT2D eigenvalue weighted by Crippen LogP contribution is 2.11. The highest BCUT2D eigenvalue weighted by molar-refractivity contribution is 5.82. The zero-order valence-electron chi connectivity index (χ0n) is 8.04. The Morgan fingerprint density at radius 3 is 2.62 bits per heavy atom. The summed E-state index contributed by atoms with van der Waals surface area (Å²) >= 11 is 0. The Labute approximate surface area is 78.8 Å². The summed E-state index contributed by atoms with van der Waals surface area (Å²) < 4.78 is 5.04. The van der Waals surface area contributed by atoms with E-state index in [2.05, 4.69) is 11.2 Å². The Bertz CT molecular complexity index is 226. The Kier molecular flexibility index (Phi) is 3.32. The van der Waals surface area contributed by atoms with Gasteiger partial charge in [-0.3, -0.25) is 4.79 Å². The topological polar surface area (TPSA) is 38.3 Å². The summed E-state index contributed by atoms with van der Waals surface area (Å²) in [5.74, 6) is 2.73. The van der Waals surface area contributed by atoms with Gasteiger partial charge in [-0.25, -0.2) is 0 Å². The lowest BCUT2D eigenvalue weighted by atomic mass is 10.0. The quantitative estimate of drug-likeness (QED) is 0.646. The van der Waals surface area contributed by atoms with Crippen molar-refractivity contribution in [2.24, 2.45) is 5.92 Å². The van der Waals surface area contributed by atoms with Crippen molar-refractivity contribution >= 4 is 5.91 Å². The fourth-order valence-corrected chi connectivity index (χ4v) is 1.09. The molecule has 1 heterocycles. The Morgan fingerprint density at radius 1 is 1.69 bits per heavy atom. The fraction of sp³-hybridized carbons (Fsp3) is 0.700. The molecule has 1 saturated heterocycles. The van der Waals surface area contributed by atoms with Gasteiger partial charge in [0, 0.05) is 6.42 Å². The first kappa shape index (κ1) is 10.1. The van der Waals surface area contributed by atoms with Gasteiger partial charge in [-0.05, 0) is 5.92 Å². The summed E-state index contributed by atoms with van der Waals surface area (Å²) in [6.07, 6.45) is 5.81. The number of nitrogens with one attached hydrogen (secondary N) is 1. The zero-order valence-corrected chi connectivity index (χ0v) is 8.04. The van der Waals surface area contributed by atoms with Gasteiger partial charge in [0.25, 0.3) is 0 Å². The molecule has 0 aromatic heterocycles. The van der Waals surface area contributed by atoms with Crippen LogP contribution in [-0.4, -0.2) is 24.7 Å². The fourth-order valence-electron chi connectivity index (χ4n) is 1.09. The minimum absolute atomic E-state index is 0.0806. The third kappa shape index (κ3) is 2.46. The summed E-state index contributed by atoms with van der Waals surface area (Å²) in [6.45, 7) is 4.64. The lowest BCUT2D eigenvalue weighted by molar-refractivity contribution is -0.145. The molecule has 72 valence electrons. The summed E-state index contributed by atoms with van der Waals surface area (Å²) in [7, 11) is 0. The molecule has 0 aliphatic carbocycles. The molecule has 2 unspecified atom stereocenters. The number of rotatable bonds is 3. The summed E-state index contributed by atoms with van der Waals surface area (Å²) in [5.41, 5.74) is 0. The van der Waals surface area contributed by atoms with E-state index >= 15 is 0 Å². The van der Waals surface area contributed by atoms with E-state index in [4.69, 9.17) is 11.2 Å². The highest BCUT2D eigenvalue weighted by Gasteiger charge is 2.28. The lowest BCUT2D eigenvalue weighted by Crippen LogP contribution is -2.48. The van der Waals surface area contributed by atoms with Crippen molar-refractivity contribution in [3.63, 3.8) is 0 Å². The molecule has 1 aliphatic rings. The Balaban J connectivity index is 2.37. The molecule has 0 aromatic carbocycles. The van der Waals surface area contributed by atoms with E-state index in [0.29, 0.717) is 6.61 Å². The minimum atomic E-state index is -0.269.